The van der Waals surface area contributed by atoms with Crippen molar-refractivity contribution in [1.29, 1.82) is 0 Å². The van der Waals surface area contributed by atoms with Crippen LogP contribution in [0.25, 0.3) is 0 Å². The van der Waals surface area contributed by atoms with E-state index in [0.29, 0.717) is 49.3 Å². The number of fused-ring (bicyclic) bond motifs is 12. The molecule has 0 spiro atoms. The fraction of sp³-hybridized carbons (Fsp3) is 0.452. The van der Waals surface area contributed by atoms with Crippen molar-refractivity contribution in [2.24, 2.45) is 0 Å². The molecule has 1 amide bonds. The number of nitrogens with one attached hydrogen (secondary N) is 3. The topological polar surface area (TPSA) is 146 Å². The van der Waals surface area contributed by atoms with Crippen molar-refractivity contribution in [3.8, 4) is 17.5 Å². The first kappa shape index (κ1) is 31.3. The second kappa shape index (κ2) is 16.7. The molecule has 2 aliphatic heterocycles. The first-order chi connectivity index (χ1) is 21.0. The van der Waals surface area contributed by atoms with Crippen LogP contribution in [0.4, 0.5) is 17.6 Å². The van der Waals surface area contributed by atoms with Crippen LogP contribution in [0.5, 0.6) is 17.5 Å². The van der Waals surface area contributed by atoms with Gasteiger partial charge in [0.25, 0.3) is 5.91 Å². The summed E-state index contributed by atoms with van der Waals surface area (Å²) in [5.74, 6) is 1.14. The molecule has 0 saturated carbocycles. The summed E-state index contributed by atoms with van der Waals surface area (Å²) in [5.41, 5.74) is 2.02. The first-order valence-electron chi connectivity index (χ1n) is 14.8. The van der Waals surface area contributed by atoms with Gasteiger partial charge in [0, 0.05) is 24.8 Å². The summed E-state index contributed by atoms with van der Waals surface area (Å²) in [6.45, 7) is 4.03. The number of carbonyl (C=O) groups excluding carboxylic acids is 2. The molecule has 2 aliphatic rings. The lowest BCUT2D eigenvalue weighted by Gasteiger charge is -2.15. The molecule has 12 heteroatoms. The fourth-order valence-electron chi connectivity index (χ4n) is 4.36. The van der Waals surface area contributed by atoms with Crippen molar-refractivity contribution in [1.82, 2.24) is 20.3 Å². The Kier molecular flexibility index (Phi) is 12.2. The molecule has 0 unspecified atom stereocenters. The second-order valence-corrected chi connectivity index (χ2v) is 9.93. The van der Waals surface area contributed by atoms with Gasteiger partial charge in [-0.15, -0.1) is 0 Å². The summed E-state index contributed by atoms with van der Waals surface area (Å²) in [6, 6.07) is 13.3. The quantitative estimate of drug-likeness (QED) is 0.331. The molecule has 2 aromatic carbocycles. The third-order valence-corrected chi connectivity index (χ3v) is 6.65. The molecular formula is C31H40N6O6. The van der Waals surface area contributed by atoms with E-state index in [0.717, 1.165) is 49.8 Å². The second-order valence-electron chi connectivity index (χ2n) is 9.93. The van der Waals surface area contributed by atoms with Crippen LogP contribution in [0.1, 0.15) is 67.8 Å². The summed E-state index contributed by atoms with van der Waals surface area (Å²) < 4.78 is 22.2. The molecule has 230 valence electrons. The zero-order valence-corrected chi connectivity index (χ0v) is 24.8. The zero-order valence-electron chi connectivity index (χ0n) is 24.8. The SMILES string of the molecule is CCOc1nc2nc(n1)Nc1ccc(C(=O)NCCC(=O)OC)c(c1)OCCCCCCCCOc1ccc(cc1)CN2. The third kappa shape index (κ3) is 10.3. The van der Waals surface area contributed by atoms with E-state index in [9.17, 15) is 9.59 Å². The number of aromatic nitrogens is 3. The third-order valence-electron chi connectivity index (χ3n) is 6.65. The van der Waals surface area contributed by atoms with Crippen molar-refractivity contribution in [2.75, 3.05) is 44.1 Å². The van der Waals surface area contributed by atoms with Gasteiger partial charge >= 0.3 is 12.0 Å². The molecule has 0 fully saturated rings. The van der Waals surface area contributed by atoms with Gasteiger partial charge in [0.15, 0.2) is 0 Å². The summed E-state index contributed by atoms with van der Waals surface area (Å²) >= 11 is 0. The van der Waals surface area contributed by atoms with E-state index < -0.39 is 5.97 Å². The van der Waals surface area contributed by atoms with Crippen molar-refractivity contribution >= 4 is 29.5 Å². The summed E-state index contributed by atoms with van der Waals surface area (Å²) in [6.07, 6.45) is 6.26. The summed E-state index contributed by atoms with van der Waals surface area (Å²) in [5, 5.41) is 9.17. The van der Waals surface area contributed by atoms with Crippen LogP contribution in [-0.2, 0) is 16.1 Å². The van der Waals surface area contributed by atoms with E-state index in [1.165, 1.54) is 7.11 Å². The number of rotatable bonds is 6. The van der Waals surface area contributed by atoms with Gasteiger partial charge in [-0.3, -0.25) is 9.59 Å². The number of nitrogens with zero attached hydrogens (tertiary/aromatic N) is 3. The van der Waals surface area contributed by atoms with E-state index >= 15 is 0 Å². The Balaban J connectivity index is 1.56. The highest BCUT2D eigenvalue weighted by molar-refractivity contribution is 5.97. The van der Waals surface area contributed by atoms with Gasteiger partial charge in [0.2, 0.25) is 11.9 Å². The van der Waals surface area contributed by atoms with Crippen LogP contribution in [0.2, 0.25) is 0 Å². The average Bonchev–Trinajstić information content (AvgIpc) is 3.01. The first-order valence-corrected chi connectivity index (χ1v) is 14.8. The number of carbonyl (C=O) groups is 2. The van der Waals surface area contributed by atoms with Gasteiger partial charge in [-0.2, -0.15) is 15.0 Å². The number of hydrogen-bond donors (Lipinski definition) is 3. The molecule has 3 N–H and O–H groups in total. The number of ether oxygens (including phenoxy) is 4. The highest BCUT2D eigenvalue weighted by atomic mass is 16.5. The molecule has 6 bridgehead atoms. The lowest BCUT2D eigenvalue weighted by Crippen LogP contribution is -2.27. The molecule has 3 aromatic rings. The molecule has 0 radical (unpaired) electrons. The Morgan fingerprint density at radius 2 is 1.63 bits per heavy atom. The minimum absolute atomic E-state index is 0.0767. The van der Waals surface area contributed by atoms with E-state index in [1.54, 1.807) is 18.2 Å². The molecule has 1 aromatic heterocycles. The molecule has 3 heterocycles. The number of hydrogen-bond acceptors (Lipinski definition) is 11. The van der Waals surface area contributed by atoms with Crippen LogP contribution >= 0.6 is 0 Å². The van der Waals surface area contributed by atoms with E-state index in [-0.39, 0.29) is 30.8 Å². The highest BCUT2D eigenvalue weighted by Crippen LogP contribution is 2.27. The summed E-state index contributed by atoms with van der Waals surface area (Å²) in [7, 11) is 1.31. The number of methoxy groups -OCH3 is 1. The van der Waals surface area contributed by atoms with Crippen LogP contribution in [-0.4, -0.2) is 60.3 Å². The smallest absolute Gasteiger partial charge is 0.323 e. The Morgan fingerprint density at radius 1 is 0.907 bits per heavy atom. The zero-order chi connectivity index (χ0) is 30.3. The van der Waals surface area contributed by atoms with Gasteiger partial charge in [-0.05, 0) is 49.6 Å². The van der Waals surface area contributed by atoms with Crippen molar-refractivity contribution in [3.63, 3.8) is 0 Å². The van der Waals surface area contributed by atoms with Crippen molar-refractivity contribution < 1.29 is 28.5 Å². The predicted octanol–water partition coefficient (Wildman–Crippen LogP) is 5.03. The number of esters is 1. The van der Waals surface area contributed by atoms with Crippen LogP contribution < -0.4 is 30.2 Å². The van der Waals surface area contributed by atoms with Crippen LogP contribution in [0.15, 0.2) is 42.5 Å². The molecule has 5 rings (SSSR count). The molecule has 12 nitrogen and oxygen atoms in total. The normalized spacial score (nSPS) is 14.2. The van der Waals surface area contributed by atoms with E-state index in [4.69, 9.17) is 14.2 Å². The van der Waals surface area contributed by atoms with E-state index in [1.807, 2.05) is 31.2 Å². The minimum Gasteiger partial charge on any atom is -0.494 e. The minimum atomic E-state index is -0.396. The number of amides is 1. The molecule has 0 saturated heterocycles. The predicted molar refractivity (Wildman–Crippen MR) is 162 cm³/mol. The van der Waals surface area contributed by atoms with Crippen molar-refractivity contribution in [2.45, 2.75) is 58.4 Å². The highest BCUT2D eigenvalue weighted by Gasteiger charge is 2.16. The maximum Gasteiger partial charge on any atom is 0.323 e. The van der Waals surface area contributed by atoms with Gasteiger partial charge in [0.1, 0.15) is 11.5 Å². The molecule has 43 heavy (non-hydrogen) atoms. The molecular weight excluding hydrogens is 552 g/mol. The number of anilines is 3. The fourth-order valence-corrected chi connectivity index (χ4v) is 4.36. The Labute approximate surface area is 251 Å². The monoisotopic (exact) mass is 592 g/mol. The van der Waals surface area contributed by atoms with Gasteiger partial charge < -0.3 is 34.9 Å². The van der Waals surface area contributed by atoms with Crippen LogP contribution in [0, 0.1) is 0 Å². The van der Waals surface area contributed by atoms with Gasteiger partial charge in [-0.25, -0.2) is 0 Å². The van der Waals surface area contributed by atoms with Gasteiger partial charge in [-0.1, -0.05) is 37.8 Å². The Hall–Kier alpha value is -4.61. The average molecular weight is 593 g/mol. The standard InChI is InChI=1S/C31H40N6O6/c1-3-41-31-36-29-33-21-22-10-13-24(14-11-22)42-18-8-6-4-5-7-9-19-43-26-20-23(34-30(35-29)37-31)12-15-25(26)28(39)32-17-16-27(38)40-2/h10-15,20H,3-9,16-19,21H2,1-2H3,(H,32,39)(H2,33,34,35,36,37). The number of benzene rings is 2. The van der Waals surface area contributed by atoms with Gasteiger partial charge in [0.05, 0.1) is 38.9 Å². The maximum atomic E-state index is 13.0. The largest absolute Gasteiger partial charge is 0.494 e. The Bertz CT molecular complexity index is 1340. The van der Waals surface area contributed by atoms with Crippen LogP contribution in [0.3, 0.4) is 0 Å². The maximum absolute atomic E-state index is 13.0. The molecule has 0 atom stereocenters. The molecule has 0 aliphatic carbocycles. The summed E-state index contributed by atoms with van der Waals surface area (Å²) in [4.78, 5) is 37.7. The van der Waals surface area contributed by atoms with E-state index in [2.05, 4.69) is 35.6 Å². The van der Waals surface area contributed by atoms with Crippen molar-refractivity contribution in [3.05, 3.63) is 53.6 Å². The Morgan fingerprint density at radius 3 is 2.37 bits per heavy atom. The lowest BCUT2D eigenvalue weighted by molar-refractivity contribution is -0.140. The lowest BCUT2D eigenvalue weighted by atomic mass is 10.1.